The molecule has 1 saturated heterocycles. The van der Waals surface area contributed by atoms with E-state index in [9.17, 15) is 14.4 Å². The molecular weight excluding hydrogens is 420 g/mol. The number of rotatable bonds is 6. The number of anilines is 2. The fourth-order valence-corrected chi connectivity index (χ4v) is 4.24. The fraction of sp³-hybridized carbons (Fsp3) is 0.360. The minimum Gasteiger partial charge on any atom is -0.462 e. The number of nitrogens with zero attached hydrogens (tertiary/aromatic N) is 3. The minimum absolute atomic E-state index is 0.232. The standard InChI is InChI=1S/C25H28N4O4/c1-3-33-25(32)20-12-6-7-13-21(20)26-22(30)16-29-24(31)19-11-5-4-10-18(19)23(27-29)28-14-8-9-17(2)15-28/h4-7,10-13,17H,3,8-9,14-16H2,1-2H3,(H,26,30)/t17-/m0/s1. The first kappa shape index (κ1) is 22.5. The maximum Gasteiger partial charge on any atom is 0.340 e. The number of para-hydroxylation sites is 1. The van der Waals surface area contributed by atoms with E-state index in [0.29, 0.717) is 17.0 Å². The summed E-state index contributed by atoms with van der Waals surface area (Å²) < 4.78 is 6.27. The van der Waals surface area contributed by atoms with Crippen molar-refractivity contribution in [3.63, 3.8) is 0 Å². The Bertz CT molecular complexity index is 1240. The van der Waals surface area contributed by atoms with Crippen LogP contribution >= 0.6 is 0 Å². The Kier molecular flexibility index (Phi) is 6.72. The van der Waals surface area contributed by atoms with Crippen molar-refractivity contribution in [1.29, 1.82) is 0 Å². The third-order valence-electron chi connectivity index (χ3n) is 5.79. The summed E-state index contributed by atoms with van der Waals surface area (Å²) in [6, 6.07) is 14.0. The number of carbonyl (C=O) groups excluding carboxylic acids is 2. The Morgan fingerprint density at radius 1 is 1.12 bits per heavy atom. The molecule has 0 bridgehead atoms. The van der Waals surface area contributed by atoms with Crippen molar-refractivity contribution in [1.82, 2.24) is 9.78 Å². The third kappa shape index (κ3) is 4.89. The number of piperidine rings is 1. The van der Waals surface area contributed by atoms with E-state index < -0.39 is 11.9 Å². The second-order valence-electron chi connectivity index (χ2n) is 8.34. The van der Waals surface area contributed by atoms with E-state index in [1.807, 2.05) is 18.2 Å². The molecule has 8 heteroatoms. The van der Waals surface area contributed by atoms with Gasteiger partial charge in [0.15, 0.2) is 5.82 Å². The molecule has 1 aliphatic heterocycles. The van der Waals surface area contributed by atoms with E-state index in [4.69, 9.17) is 4.74 Å². The third-order valence-corrected chi connectivity index (χ3v) is 5.79. The van der Waals surface area contributed by atoms with Crippen molar-refractivity contribution >= 4 is 34.2 Å². The SMILES string of the molecule is CCOC(=O)c1ccccc1NC(=O)Cn1nc(N2CCC[C@H](C)C2)c2ccccc2c1=O. The number of fused-ring (bicyclic) bond motifs is 1. The number of esters is 1. The predicted molar refractivity (Wildman–Crippen MR) is 128 cm³/mol. The Morgan fingerprint density at radius 2 is 1.85 bits per heavy atom. The molecule has 2 heterocycles. The van der Waals surface area contributed by atoms with Gasteiger partial charge in [-0.25, -0.2) is 9.48 Å². The van der Waals surface area contributed by atoms with Gasteiger partial charge in [-0.05, 0) is 43.9 Å². The van der Waals surface area contributed by atoms with E-state index in [-0.39, 0.29) is 24.3 Å². The van der Waals surface area contributed by atoms with Crippen molar-refractivity contribution in [2.75, 3.05) is 29.9 Å². The summed E-state index contributed by atoms with van der Waals surface area (Å²) >= 11 is 0. The van der Waals surface area contributed by atoms with E-state index in [1.165, 1.54) is 4.68 Å². The van der Waals surface area contributed by atoms with Crippen molar-refractivity contribution in [3.8, 4) is 0 Å². The highest BCUT2D eigenvalue weighted by Gasteiger charge is 2.22. The molecule has 2 aromatic carbocycles. The van der Waals surface area contributed by atoms with Crippen LogP contribution in [0.3, 0.4) is 0 Å². The van der Waals surface area contributed by atoms with Crippen LogP contribution < -0.4 is 15.8 Å². The lowest BCUT2D eigenvalue weighted by Crippen LogP contribution is -2.38. The first-order valence-corrected chi connectivity index (χ1v) is 11.3. The topological polar surface area (TPSA) is 93.5 Å². The summed E-state index contributed by atoms with van der Waals surface area (Å²) in [6.45, 7) is 5.61. The Labute approximate surface area is 192 Å². The monoisotopic (exact) mass is 448 g/mol. The summed E-state index contributed by atoms with van der Waals surface area (Å²) in [5.74, 6) is 0.282. The molecule has 1 fully saturated rings. The highest BCUT2D eigenvalue weighted by molar-refractivity contribution is 6.01. The van der Waals surface area contributed by atoms with Crippen LogP contribution in [0.5, 0.6) is 0 Å². The summed E-state index contributed by atoms with van der Waals surface area (Å²) in [4.78, 5) is 40.4. The van der Waals surface area contributed by atoms with Gasteiger partial charge in [0.25, 0.3) is 5.56 Å². The smallest absolute Gasteiger partial charge is 0.340 e. The molecule has 1 atom stereocenters. The molecule has 0 saturated carbocycles. The lowest BCUT2D eigenvalue weighted by molar-refractivity contribution is -0.117. The Hall–Kier alpha value is -3.68. The average molecular weight is 449 g/mol. The molecule has 8 nitrogen and oxygen atoms in total. The number of amides is 1. The van der Waals surface area contributed by atoms with E-state index in [2.05, 4.69) is 22.2 Å². The van der Waals surface area contributed by atoms with Crippen LogP contribution in [0.2, 0.25) is 0 Å². The largest absolute Gasteiger partial charge is 0.462 e. The van der Waals surface area contributed by atoms with Crippen LogP contribution in [-0.4, -0.2) is 41.4 Å². The van der Waals surface area contributed by atoms with Crippen LogP contribution in [0.1, 0.15) is 37.0 Å². The van der Waals surface area contributed by atoms with Crippen LogP contribution in [-0.2, 0) is 16.1 Å². The molecule has 3 aromatic rings. The van der Waals surface area contributed by atoms with E-state index in [1.54, 1.807) is 37.3 Å². The highest BCUT2D eigenvalue weighted by Crippen LogP contribution is 2.26. The summed E-state index contributed by atoms with van der Waals surface area (Å²) in [5, 5.41) is 8.65. The molecule has 4 rings (SSSR count). The minimum atomic E-state index is -0.518. The second kappa shape index (κ2) is 9.85. The number of hydrogen-bond donors (Lipinski definition) is 1. The summed E-state index contributed by atoms with van der Waals surface area (Å²) in [6.07, 6.45) is 2.22. The van der Waals surface area contributed by atoms with Gasteiger partial charge >= 0.3 is 5.97 Å². The van der Waals surface area contributed by atoms with Gasteiger partial charge in [0.1, 0.15) is 6.54 Å². The summed E-state index contributed by atoms with van der Waals surface area (Å²) in [7, 11) is 0. The average Bonchev–Trinajstić information content (AvgIpc) is 2.81. The van der Waals surface area contributed by atoms with Crippen LogP contribution in [0.4, 0.5) is 11.5 Å². The zero-order valence-electron chi connectivity index (χ0n) is 18.9. The number of carbonyl (C=O) groups is 2. The van der Waals surface area contributed by atoms with Gasteiger partial charge in [0.05, 0.1) is 23.2 Å². The van der Waals surface area contributed by atoms with Crippen molar-refractivity contribution in [2.45, 2.75) is 33.2 Å². The molecule has 1 amide bonds. The molecule has 1 N–H and O–H groups in total. The Balaban J connectivity index is 1.64. The van der Waals surface area contributed by atoms with Gasteiger partial charge in [-0.1, -0.05) is 37.3 Å². The van der Waals surface area contributed by atoms with E-state index in [0.717, 1.165) is 37.1 Å². The second-order valence-corrected chi connectivity index (χ2v) is 8.34. The molecule has 172 valence electrons. The lowest BCUT2D eigenvalue weighted by Gasteiger charge is -2.32. The molecule has 0 spiro atoms. The van der Waals surface area contributed by atoms with Gasteiger partial charge < -0.3 is 15.0 Å². The fourth-order valence-electron chi connectivity index (χ4n) is 4.24. The highest BCUT2D eigenvalue weighted by atomic mass is 16.5. The van der Waals surface area contributed by atoms with Gasteiger partial charge in [-0.15, -0.1) is 0 Å². The Morgan fingerprint density at radius 3 is 2.61 bits per heavy atom. The van der Waals surface area contributed by atoms with Crippen molar-refractivity contribution in [2.24, 2.45) is 5.92 Å². The molecule has 33 heavy (non-hydrogen) atoms. The van der Waals surface area contributed by atoms with Gasteiger partial charge in [0.2, 0.25) is 5.91 Å². The number of aromatic nitrogens is 2. The van der Waals surface area contributed by atoms with Crippen molar-refractivity contribution in [3.05, 3.63) is 64.4 Å². The van der Waals surface area contributed by atoms with Gasteiger partial charge in [0, 0.05) is 18.5 Å². The zero-order chi connectivity index (χ0) is 23.4. The van der Waals surface area contributed by atoms with Crippen molar-refractivity contribution < 1.29 is 14.3 Å². The zero-order valence-corrected chi connectivity index (χ0v) is 18.9. The quantitative estimate of drug-likeness (QED) is 0.581. The lowest BCUT2D eigenvalue weighted by atomic mass is 10.00. The maximum atomic E-state index is 13.1. The van der Waals surface area contributed by atoms with Crippen LogP contribution in [0.15, 0.2) is 53.3 Å². The molecular formula is C25H28N4O4. The molecule has 0 radical (unpaired) electrons. The normalized spacial score (nSPS) is 15.9. The summed E-state index contributed by atoms with van der Waals surface area (Å²) in [5.41, 5.74) is 0.266. The first-order valence-electron chi connectivity index (χ1n) is 11.3. The maximum absolute atomic E-state index is 13.1. The number of hydrogen-bond acceptors (Lipinski definition) is 6. The van der Waals surface area contributed by atoms with E-state index >= 15 is 0 Å². The predicted octanol–water partition coefficient (Wildman–Crippen LogP) is 3.45. The van der Waals surface area contributed by atoms with Crippen LogP contribution in [0.25, 0.3) is 10.8 Å². The van der Waals surface area contributed by atoms with Gasteiger partial charge in [-0.3, -0.25) is 9.59 Å². The first-order chi connectivity index (χ1) is 16.0. The van der Waals surface area contributed by atoms with Crippen LogP contribution in [0, 0.1) is 5.92 Å². The number of ether oxygens (including phenoxy) is 1. The van der Waals surface area contributed by atoms with Gasteiger partial charge in [-0.2, -0.15) is 5.10 Å². The number of benzene rings is 2. The molecule has 0 unspecified atom stereocenters. The molecule has 1 aromatic heterocycles. The number of nitrogens with one attached hydrogen (secondary N) is 1. The molecule has 0 aliphatic carbocycles. The molecule has 1 aliphatic rings.